The summed E-state index contributed by atoms with van der Waals surface area (Å²) in [5.41, 5.74) is 3.01. The molecule has 1 saturated heterocycles. The minimum Gasteiger partial charge on any atom is -0.335 e. The average Bonchev–Trinajstić information content (AvgIpc) is 3.17. The third kappa shape index (κ3) is 2.90. The third-order valence-corrected chi connectivity index (χ3v) is 5.16. The van der Waals surface area contributed by atoms with Crippen molar-refractivity contribution in [2.75, 3.05) is 6.54 Å². The van der Waals surface area contributed by atoms with Gasteiger partial charge in [0, 0.05) is 31.2 Å². The zero-order valence-electron chi connectivity index (χ0n) is 14.2. The summed E-state index contributed by atoms with van der Waals surface area (Å²) in [6.07, 6.45) is 4.92. The summed E-state index contributed by atoms with van der Waals surface area (Å²) >= 11 is 0. The van der Waals surface area contributed by atoms with E-state index in [1.165, 1.54) is 5.56 Å². The van der Waals surface area contributed by atoms with Crippen molar-refractivity contribution < 1.29 is 4.79 Å². The molecule has 0 unspecified atom stereocenters. The number of carbonyl (C=O) groups excluding carboxylic acids is 1. The fourth-order valence-electron chi connectivity index (χ4n) is 3.76. The van der Waals surface area contributed by atoms with E-state index in [0.29, 0.717) is 5.92 Å². The van der Waals surface area contributed by atoms with Crippen LogP contribution in [0.15, 0.2) is 36.5 Å². The molecule has 2 atom stereocenters. The van der Waals surface area contributed by atoms with Crippen LogP contribution in [0.3, 0.4) is 0 Å². The molecule has 2 heterocycles. The standard InChI is InChI=1S/C19H25N3O/c1-4-16(15-9-6-5-7-10-15)18-11-8-12-22(18)19(23)17-13-20-21(3)14(17)2/h5-7,9-10,13,16,18H,4,8,11-12H2,1-3H3/t16-,18+/m0/s1. The van der Waals surface area contributed by atoms with Gasteiger partial charge in [-0.1, -0.05) is 37.3 Å². The Bertz CT molecular complexity index is 677. The SMILES string of the molecule is CC[C@@H](c1ccccc1)[C@H]1CCCN1C(=O)c1cnn(C)c1C. The number of carbonyl (C=O) groups is 1. The zero-order valence-corrected chi connectivity index (χ0v) is 14.2. The number of benzene rings is 1. The Hall–Kier alpha value is -2.10. The summed E-state index contributed by atoms with van der Waals surface area (Å²) in [5.74, 6) is 0.534. The van der Waals surface area contributed by atoms with Gasteiger partial charge in [0.1, 0.15) is 0 Å². The number of aromatic nitrogens is 2. The van der Waals surface area contributed by atoms with E-state index in [-0.39, 0.29) is 11.9 Å². The van der Waals surface area contributed by atoms with Gasteiger partial charge in [-0.05, 0) is 31.7 Å². The van der Waals surface area contributed by atoms with Crippen molar-refractivity contribution in [2.24, 2.45) is 7.05 Å². The fraction of sp³-hybridized carbons (Fsp3) is 0.474. The zero-order chi connectivity index (χ0) is 16.4. The lowest BCUT2D eigenvalue weighted by atomic mass is 9.87. The molecule has 3 rings (SSSR count). The monoisotopic (exact) mass is 311 g/mol. The lowest BCUT2D eigenvalue weighted by Gasteiger charge is -2.31. The Kier molecular flexibility index (Phi) is 4.51. The van der Waals surface area contributed by atoms with Gasteiger partial charge in [-0.2, -0.15) is 5.10 Å². The van der Waals surface area contributed by atoms with Gasteiger partial charge < -0.3 is 4.90 Å². The van der Waals surface area contributed by atoms with Crippen molar-refractivity contribution in [2.45, 2.75) is 45.1 Å². The van der Waals surface area contributed by atoms with E-state index in [0.717, 1.165) is 37.1 Å². The van der Waals surface area contributed by atoms with Crippen molar-refractivity contribution >= 4 is 5.91 Å². The number of amides is 1. The van der Waals surface area contributed by atoms with Gasteiger partial charge in [-0.3, -0.25) is 9.48 Å². The Morgan fingerprint density at radius 1 is 1.35 bits per heavy atom. The second-order valence-corrected chi connectivity index (χ2v) is 6.40. The van der Waals surface area contributed by atoms with Crippen LogP contribution >= 0.6 is 0 Å². The van der Waals surface area contributed by atoms with E-state index >= 15 is 0 Å². The Balaban J connectivity index is 1.87. The van der Waals surface area contributed by atoms with Crippen LogP contribution in [0.5, 0.6) is 0 Å². The van der Waals surface area contributed by atoms with E-state index in [4.69, 9.17) is 0 Å². The number of hydrogen-bond acceptors (Lipinski definition) is 2. The predicted octanol–water partition coefficient (Wildman–Crippen LogP) is 3.53. The lowest BCUT2D eigenvalue weighted by Crippen LogP contribution is -2.39. The lowest BCUT2D eigenvalue weighted by molar-refractivity contribution is 0.0713. The van der Waals surface area contributed by atoms with Crippen molar-refractivity contribution in [1.29, 1.82) is 0 Å². The van der Waals surface area contributed by atoms with Crippen molar-refractivity contribution in [3.8, 4) is 0 Å². The minimum atomic E-state index is 0.132. The molecular weight excluding hydrogens is 286 g/mol. The fourth-order valence-corrected chi connectivity index (χ4v) is 3.76. The largest absolute Gasteiger partial charge is 0.335 e. The van der Waals surface area contributed by atoms with Gasteiger partial charge in [0.25, 0.3) is 5.91 Å². The summed E-state index contributed by atoms with van der Waals surface area (Å²) in [4.78, 5) is 15.1. The first-order valence-corrected chi connectivity index (χ1v) is 8.48. The second kappa shape index (κ2) is 6.57. The maximum Gasteiger partial charge on any atom is 0.257 e. The van der Waals surface area contributed by atoms with Crippen molar-refractivity contribution in [3.05, 3.63) is 53.3 Å². The predicted molar refractivity (Wildman–Crippen MR) is 91.5 cm³/mol. The second-order valence-electron chi connectivity index (χ2n) is 6.40. The Morgan fingerprint density at radius 2 is 2.09 bits per heavy atom. The molecule has 1 aliphatic heterocycles. The number of nitrogens with zero attached hydrogens (tertiary/aromatic N) is 3. The molecule has 122 valence electrons. The van der Waals surface area contributed by atoms with Gasteiger partial charge in [0.05, 0.1) is 11.8 Å². The van der Waals surface area contributed by atoms with Crippen LogP contribution in [0, 0.1) is 6.92 Å². The van der Waals surface area contributed by atoms with Gasteiger partial charge in [0.2, 0.25) is 0 Å². The molecular formula is C19H25N3O. The summed E-state index contributed by atoms with van der Waals surface area (Å²) in [5, 5.41) is 4.23. The average molecular weight is 311 g/mol. The van der Waals surface area contributed by atoms with E-state index in [1.807, 2.05) is 20.0 Å². The van der Waals surface area contributed by atoms with Gasteiger partial charge in [0.15, 0.2) is 0 Å². The van der Waals surface area contributed by atoms with Gasteiger partial charge in [-0.25, -0.2) is 0 Å². The molecule has 4 heteroatoms. The number of rotatable bonds is 4. The van der Waals surface area contributed by atoms with E-state index in [2.05, 4.69) is 41.2 Å². The molecule has 1 aromatic heterocycles. The van der Waals surface area contributed by atoms with Crippen LogP contribution in [0.4, 0.5) is 0 Å². The first-order chi connectivity index (χ1) is 11.1. The summed E-state index contributed by atoms with van der Waals surface area (Å²) in [7, 11) is 1.88. The van der Waals surface area contributed by atoms with Crippen LogP contribution in [0.1, 0.15) is 53.7 Å². The van der Waals surface area contributed by atoms with Crippen LogP contribution in [0.25, 0.3) is 0 Å². The van der Waals surface area contributed by atoms with E-state index in [1.54, 1.807) is 10.9 Å². The smallest absolute Gasteiger partial charge is 0.257 e. The Morgan fingerprint density at radius 3 is 2.70 bits per heavy atom. The maximum absolute atomic E-state index is 13.0. The normalized spacial score (nSPS) is 19.1. The van der Waals surface area contributed by atoms with E-state index < -0.39 is 0 Å². The van der Waals surface area contributed by atoms with Crippen LogP contribution < -0.4 is 0 Å². The summed E-state index contributed by atoms with van der Waals surface area (Å²) in [6, 6.07) is 10.9. The maximum atomic E-state index is 13.0. The first-order valence-electron chi connectivity index (χ1n) is 8.48. The highest BCUT2D eigenvalue weighted by atomic mass is 16.2. The molecule has 0 bridgehead atoms. The number of likely N-dealkylation sites (tertiary alicyclic amines) is 1. The molecule has 1 fully saturated rings. The van der Waals surface area contributed by atoms with E-state index in [9.17, 15) is 4.79 Å². The molecule has 0 spiro atoms. The summed E-state index contributed by atoms with van der Waals surface area (Å²) in [6.45, 7) is 5.02. The highest BCUT2D eigenvalue weighted by molar-refractivity contribution is 5.95. The molecule has 0 N–H and O–H groups in total. The molecule has 23 heavy (non-hydrogen) atoms. The molecule has 0 radical (unpaired) electrons. The van der Waals surface area contributed by atoms with Crippen molar-refractivity contribution in [3.63, 3.8) is 0 Å². The van der Waals surface area contributed by atoms with Crippen LogP contribution in [-0.4, -0.2) is 33.2 Å². The number of hydrogen-bond donors (Lipinski definition) is 0. The minimum absolute atomic E-state index is 0.132. The first kappa shape index (κ1) is 15.8. The van der Waals surface area contributed by atoms with Crippen LogP contribution in [-0.2, 0) is 7.05 Å². The molecule has 0 saturated carbocycles. The summed E-state index contributed by atoms with van der Waals surface area (Å²) < 4.78 is 1.77. The highest BCUT2D eigenvalue weighted by Crippen LogP contribution is 2.34. The topological polar surface area (TPSA) is 38.1 Å². The Labute approximate surface area is 138 Å². The molecule has 0 aliphatic carbocycles. The quantitative estimate of drug-likeness (QED) is 0.866. The molecule has 1 aliphatic rings. The van der Waals surface area contributed by atoms with Gasteiger partial charge in [-0.15, -0.1) is 0 Å². The van der Waals surface area contributed by atoms with Gasteiger partial charge >= 0.3 is 0 Å². The van der Waals surface area contributed by atoms with Crippen LogP contribution in [0.2, 0.25) is 0 Å². The molecule has 1 aromatic carbocycles. The molecule has 1 amide bonds. The number of aryl methyl sites for hydroxylation is 1. The molecule has 2 aromatic rings. The van der Waals surface area contributed by atoms with Crippen molar-refractivity contribution in [1.82, 2.24) is 14.7 Å². The third-order valence-electron chi connectivity index (χ3n) is 5.16. The molecule has 4 nitrogen and oxygen atoms in total. The highest BCUT2D eigenvalue weighted by Gasteiger charge is 2.35.